The molecule has 0 amide bonds. The van der Waals surface area contributed by atoms with Gasteiger partial charge in [-0.3, -0.25) is 0 Å². The first-order valence-corrected chi connectivity index (χ1v) is 12.4. The summed E-state index contributed by atoms with van der Waals surface area (Å²) in [5.41, 5.74) is 3.01. The number of hydrogen-bond donors (Lipinski definition) is 2. The highest BCUT2D eigenvalue weighted by atomic mass is 32.2. The van der Waals surface area contributed by atoms with E-state index >= 15 is 0 Å². The van der Waals surface area contributed by atoms with Gasteiger partial charge in [0.15, 0.2) is 5.96 Å². The molecule has 2 aromatic rings. The molecule has 0 radical (unpaired) electrons. The zero-order valence-electron chi connectivity index (χ0n) is 17.5. The molecule has 0 fully saturated rings. The van der Waals surface area contributed by atoms with E-state index in [4.69, 9.17) is 4.99 Å². The van der Waals surface area contributed by atoms with Crippen molar-refractivity contribution in [2.24, 2.45) is 4.99 Å². The van der Waals surface area contributed by atoms with Crippen LogP contribution in [0.15, 0.2) is 58.4 Å². The molecule has 0 spiro atoms. The third-order valence-electron chi connectivity index (χ3n) is 4.38. The average Bonchev–Trinajstić information content (AvgIpc) is 2.72. The zero-order chi connectivity index (χ0) is 21.3. The molecule has 29 heavy (non-hydrogen) atoms. The highest BCUT2D eigenvalue weighted by Gasteiger charge is 2.09. The van der Waals surface area contributed by atoms with Crippen molar-refractivity contribution in [2.75, 3.05) is 26.9 Å². The van der Waals surface area contributed by atoms with Gasteiger partial charge in [0, 0.05) is 25.0 Å². The largest absolute Gasteiger partial charge is 0.357 e. The Kier molecular flexibility index (Phi) is 9.00. The van der Waals surface area contributed by atoms with Gasteiger partial charge in [0.2, 0.25) is 10.0 Å². The number of sulfonamides is 1. The van der Waals surface area contributed by atoms with Gasteiger partial charge in [0.05, 0.1) is 12.3 Å². The third-order valence-corrected chi connectivity index (χ3v) is 6.46. The Labute approximate surface area is 178 Å². The fourth-order valence-corrected chi connectivity index (χ4v) is 3.93. The Morgan fingerprint density at radius 1 is 1.03 bits per heavy atom. The summed E-state index contributed by atoms with van der Waals surface area (Å²) in [5, 5.41) is 3.33. The lowest BCUT2D eigenvalue weighted by atomic mass is 10.1. The van der Waals surface area contributed by atoms with E-state index in [1.807, 2.05) is 38.2 Å². The van der Waals surface area contributed by atoms with Gasteiger partial charge in [0.25, 0.3) is 0 Å². The van der Waals surface area contributed by atoms with Crippen molar-refractivity contribution in [1.29, 1.82) is 0 Å². The molecule has 2 aromatic carbocycles. The second-order valence-corrected chi connectivity index (χ2v) is 9.46. The van der Waals surface area contributed by atoms with Crippen LogP contribution in [0.3, 0.4) is 0 Å². The fourth-order valence-electron chi connectivity index (χ4n) is 2.75. The Balaban J connectivity index is 2.03. The second-order valence-electron chi connectivity index (χ2n) is 6.65. The summed E-state index contributed by atoms with van der Waals surface area (Å²) in [6.45, 7) is 4.13. The van der Waals surface area contributed by atoms with E-state index in [2.05, 4.69) is 45.5 Å². The van der Waals surface area contributed by atoms with Gasteiger partial charge < -0.3 is 10.2 Å². The molecule has 0 saturated heterocycles. The first kappa shape index (κ1) is 23.3. The predicted molar refractivity (Wildman–Crippen MR) is 123 cm³/mol. The van der Waals surface area contributed by atoms with Crippen molar-refractivity contribution >= 4 is 27.7 Å². The average molecular weight is 435 g/mol. The van der Waals surface area contributed by atoms with E-state index in [0.717, 1.165) is 30.2 Å². The van der Waals surface area contributed by atoms with E-state index in [0.29, 0.717) is 6.54 Å². The summed E-state index contributed by atoms with van der Waals surface area (Å²) < 4.78 is 25.6. The van der Waals surface area contributed by atoms with E-state index in [1.54, 1.807) is 11.8 Å². The highest BCUT2D eigenvalue weighted by molar-refractivity contribution is 7.98. The van der Waals surface area contributed by atoms with Crippen molar-refractivity contribution in [2.45, 2.75) is 30.7 Å². The number of guanidine groups is 1. The van der Waals surface area contributed by atoms with Crippen LogP contribution in [-0.2, 0) is 28.9 Å². The van der Waals surface area contributed by atoms with Gasteiger partial charge in [-0.1, -0.05) is 36.4 Å². The molecule has 2 rings (SSSR count). The quantitative estimate of drug-likeness (QED) is 0.360. The molecule has 0 aliphatic rings. The maximum atomic E-state index is 11.7. The molecule has 0 atom stereocenters. The Bertz CT molecular complexity index is 895. The predicted octanol–water partition coefficient (Wildman–Crippen LogP) is 3.06. The van der Waals surface area contributed by atoms with E-state index < -0.39 is 10.0 Å². The summed E-state index contributed by atoms with van der Waals surface area (Å²) in [6, 6.07) is 16.1. The number of nitrogens with zero attached hydrogens (tertiary/aromatic N) is 2. The maximum Gasteiger partial charge on any atom is 0.215 e. The minimum absolute atomic E-state index is 0.0201. The summed E-state index contributed by atoms with van der Waals surface area (Å²) in [4.78, 5) is 8.09. The molecule has 0 unspecified atom stereocenters. The lowest BCUT2D eigenvalue weighted by molar-refractivity contribution is 0.476. The molecule has 6 nitrogen and oxygen atoms in total. The molecule has 158 valence electrons. The molecule has 0 aromatic heterocycles. The molecule has 0 aliphatic heterocycles. The second kappa shape index (κ2) is 11.2. The molecule has 0 heterocycles. The van der Waals surface area contributed by atoms with Crippen molar-refractivity contribution in [3.63, 3.8) is 0 Å². The van der Waals surface area contributed by atoms with E-state index in [9.17, 15) is 8.42 Å². The van der Waals surface area contributed by atoms with E-state index in [-0.39, 0.29) is 5.75 Å². The molecular weight excluding hydrogens is 404 g/mol. The van der Waals surface area contributed by atoms with E-state index in [1.165, 1.54) is 17.5 Å². The van der Waals surface area contributed by atoms with Crippen LogP contribution in [0, 0.1) is 0 Å². The Morgan fingerprint density at radius 2 is 1.62 bits per heavy atom. The van der Waals surface area contributed by atoms with Gasteiger partial charge in [-0.05, 0) is 49.1 Å². The van der Waals surface area contributed by atoms with Gasteiger partial charge >= 0.3 is 0 Å². The van der Waals surface area contributed by atoms with Crippen LogP contribution in [0.2, 0.25) is 0 Å². The van der Waals surface area contributed by atoms with Crippen LogP contribution in [0.4, 0.5) is 0 Å². The number of nitrogens with one attached hydrogen (secondary N) is 2. The monoisotopic (exact) mass is 434 g/mol. The minimum Gasteiger partial charge on any atom is -0.357 e. The molecular formula is C21H30N4O2S2. The number of hydrogen-bond acceptors (Lipinski definition) is 4. The Hall–Kier alpha value is -2.03. The van der Waals surface area contributed by atoms with Gasteiger partial charge in [0.1, 0.15) is 0 Å². The van der Waals surface area contributed by atoms with Gasteiger partial charge in [-0.2, -0.15) is 0 Å². The summed E-state index contributed by atoms with van der Waals surface area (Å²) in [7, 11) is 0.189. The first-order chi connectivity index (χ1) is 13.9. The Morgan fingerprint density at radius 3 is 2.17 bits per heavy atom. The topological polar surface area (TPSA) is 73.8 Å². The lowest BCUT2D eigenvalue weighted by Gasteiger charge is -2.22. The first-order valence-electron chi connectivity index (χ1n) is 9.48. The van der Waals surface area contributed by atoms with Crippen LogP contribution in [0.5, 0.6) is 0 Å². The summed E-state index contributed by atoms with van der Waals surface area (Å²) in [6.07, 6.45) is 2.07. The van der Waals surface area contributed by atoms with Crippen LogP contribution in [0.1, 0.15) is 23.6 Å². The molecule has 8 heteroatoms. The molecule has 2 N–H and O–H groups in total. The zero-order valence-corrected chi connectivity index (χ0v) is 19.1. The van der Waals surface area contributed by atoms with Crippen LogP contribution < -0.4 is 10.0 Å². The van der Waals surface area contributed by atoms with Crippen molar-refractivity contribution in [1.82, 2.24) is 14.9 Å². The van der Waals surface area contributed by atoms with Crippen molar-refractivity contribution < 1.29 is 8.42 Å². The number of rotatable bonds is 9. The normalized spacial score (nSPS) is 12.1. The van der Waals surface area contributed by atoms with Gasteiger partial charge in [-0.25, -0.2) is 18.1 Å². The highest BCUT2D eigenvalue weighted by Crippen LogP contribution is 2.16. The molecule has 0 aliphatic carbocycles. The lowest BCUT2D eigenvalue weighted by Crippen LogP contribution is -2.38. The van der Waals surface area contributed by atoms with Crippen LogP contribution >= 0.6 is 11.8 Å². The fraction of sp³-hybridized carbons (Fsp3) is 0.381. The standard InChI is InChI=1S/C21H30N4O2S2/c1-5-23-21(25(3)15-18-10-12-20(28-4)13-11-18)24-14-17-6-8-19(9-7-17)16-29(26,27)22-2/h6-13,22H,5,14-16H2,1-4H3,(H,23,24). The minimum atomic E-state index is -3.26. The molecule has 0 bridgehead atoms. The SMILES string of the molecule is CCNC(=NCc1ccc(CS(=O)(=O)NC)cc1)N(C)Cc1ccc(SC)cc1. The van der Waals surface area contributed by atoms with Crippen LogP contribution in [-0.4, -0.2) is 46.2 Å². The van der Waals surface area contributed by atoms with Crippen LogP contribution in [0.25, 0.3) is 0 Å². The maximum absolute atomic E-state index is 11.7. The third kappa shape index (κ3) is 7.72. The molecule has 0 saturated carbocycles. The van der Waals surface area contributed by atoms with Crippen molar-refractivity contribution in [3.05, 3.63) is 65.2 Å². The number of aliphatic imine (C=N–C) groups is 1. The summed E-state index contributed by atoms with van der Waals surface area (Å²) >= 11 is 1.74. The van der Waals surface area contributed by atoms with Gasteiger partial charge in [-0.15, -0.1) is 11.8 Å². The number of thioether (sulfide) groups is 1. The number of benzene rings is 2. The smallest absolute Gasteiger partial charge is 0.215 e. The summed E-state index contributed by atoms with van der Waals surface area (Å²) in [5.74, 6) is 0.816. The van der Waals surface area contributed by atoms with Crippen molar-refractivity contribution in [3.8, 4) is 0 Å².